The molecule has 3 heterocycles. The van der Waals surface area contributed by atoms with Gasteiger partial charge in [-0.05, 0) is 69.0 Å². The number of ether oxygens (including phenoxy) is 2. The molecule has 2 amide bonds. The second kappa shape index (κ2) is 12.5. The first-order valence-electron chi connectivity index (χ1n) is 15.5. The van der Waals surface area contributed by atoms with Crippen molar-refractivity contribution in [2.45, 2.75) is 57.3 Å². The maximum Gasteiger partial charge on any atom is 0.422 e. The molecule has 250 valence electrons. The summed E-state index contributed by atoms with van der Waals surface area (Å²) in [6.45, 7) is 6.21. The van der Waals surface area contributed by atoms with Crippen molar-refractivity contribution in [3.63, 3.8) is 0 Å². The molecule has 3 fully saturated rings. The quantitative estimate of drug-likeness (QED) is 0.306. The Morgan fingerprint density at radius 1 is 0.915 bits per heavy atom. The molecule has 1 aromatic heterocycles. The number of carbonyl (C=O) groups is 2. The van der Waals surface area contributed by atoms with Gasteiger partial charge in [0.1, 0.15) is 11.4 Å². The van der Waals surface area contributed by atoms with Gasteiger partial charge in [0.15, 0.2) is 6.61 Å². The van der Waals surface area contributed by atoms with E-state index < -0.39 is 29.9 Å². The molecule has 2 saturated heterocycles. The van der Waals surface area contributed by atoms with Crippen molar-refractivity contribution in [3.8, 4) is 6.01 Å². The van der Waals surface area contributed by atoms with Gasteiger partial charge in [0, 0.05) is 55.0 Å². The van der Waals surface area contributed by atoms with E-state index in [-0.39, 0.29) is 42.0 Å². The van der Waals surface area contributed by atoms with Crippen LogP contribution in [0.4, 0.5) is 23.9 Å². The lowest BCUT2D eigenvalue weighted by atomic mass is 10.0. The number of hydrogen-bond acceptors (Lipinski definition) is 8. The minimum absolute atomic E-state index is 0.0961. The molecular formula is C33H36ClF3N6O4. The molecule has 2 unspecified atom stereocenters. The van der Waals surface area contributed by atoms with Gasteiger partial charge in [-0.1, -0.05) is 35.9 Å². The van der Waals surface area contributed by atoms with Gasteiger partial charge in [-0.25, -0.2) is 4.79 Å². The Labute approximate surface area is 275 Å². The van der Waals surface area contributed by atoms with Crippen LogP contribution in [-0.4, -0.2) is 81.3 Å². The van der Waals surface area contributed by atoms with Crippen LogP contribution in [0.1, 0.15) is 60.9 Å². The van der Waals surface area contributed by atoms with Crippen molar-refractivity contribution in [1.82, 2.24) is 24.8 Å². The van der Waals surface area contributed by atoms with Crippen LogP contribution < -0.4 is 10.1 Å². The molecular weight excluding hydrogens is 637 g/mol. The number of hydrogen-bond donors (Lipinski definition) is 1. The molecule has 1 saturated carbocycles. The van der Waals surface area contributed by atoms with E-state index in [4.69, 9.17) is 21.1 Å². The van der Waals surface area contributed by atoms with Gasteiger partial charge in [-0.15, -0.1) is 0 Å². The average molecular weight is 673 g/mol. The van der Waals surface area contributed by atoms with Crippen LogP contribution >= 0.6 is 11.6 Å². The van der Waals surface area contributed by atoms with Crippen LogP contribution in [0.2, 0.25) is 5.02 Å². The largest absolute Gasteiger partial charge is 0.454 e. The van der Waals surface area contributed by atoms with Crippen molar-refractivity contribution < 1.29 is 32.2 Å². The molecule has 0 bridgehead atoms. The summed E-state index contributed by atoms with van der Waals surface area (Å²) in [6, 6.07) is 13.9. The molecule has 2 atom stereocenters. The van der Waals surface area contributed by atoms with Crippen LogP contribution in [0.3, 0.4) is 0 Å². The Morgan fingerprint density at radius 3 is 2.11 bits per heavy atom. The van der Waals surface area contributed by atoms with Crippen molar-refractivity contribution in [1.29, 1.82) is 0 Å². The lowest BCUT2D eigenvalue weighted by Gasteiger charge is -2.26. The summed E-state index contributed by atoms with van der Waals surface area (Å²) in [7, 11) is 0. The predicted octanol–water partition coefficient (Wildman–Crippen LogP) is 6.10. The number of halogens is 4. The number of amides is 2. The summed E-state index contributed by atoms with van der Waals surface area (Å²) in [5, 5.41) is 3.87. The van der Waals surface area contributed by atoms with Crippen molar-refractivity contribution >= 4 is 29.5 Å². The number of nitrogens with zero attached hydrogens (tertiary/aromatic N) is 5. The number of likely N-dealkylation sites (tertiary alicyclic amines) is 2. The number of fused-ring (bicyclic) bond motifs is 1. The molecule has 6 rings (SSSR count). The Balaban J connectivity index is 1.11. The van der Waals surface area contributed by atoms with Crippen LogP contribution in [0.25, 0.3) is 0 Å². The standard InChI is InChI=1S/C33H36ClF3N6O4/c1-31(2,3)47-30(45)43-17-22-15-42(16-23(22)18-43)27(44)21-6-4-20(5-7-21)14-26-38-28(40-29(39-26)46-19-33(35,36)37)41-32(12-13-32)24-8-10-25(34)11-9-24/h4-11,22-23H,12-19H2,1-3H3,(H,38,39,40,41). The van der Waals surface area contributed by atoms with Gasteiger partial charge in [0.25, 0.3) is 5.91 Å². The fraction of sp³-hybridized carbons (Fsp3) is 0.485. The summed E-state index contributed by atoms with van der Waals surface area (Å²) in [5.74, 6) is 0.617. The van der Waals surface area contributed by atoms with Crippen molar-refractivity contribution in [2.24, 2.45) is 11.8 Å². The Kier molecular flexibility index (Phi) is 8.71. The molecule has 10 nitrogen and oxygen atoms in total. The van der Waals surface area contributed by atoms with E-state index in [1.807, 2.05) is 37.8 Å². The highest BCUT2D eigenvalue weighted by Crippen LogP contribution is 2.48. The second-order valence-corrected chi connectivity index (χ2v) is 13.9. The van der Waals surface area contributed by atoms with Crippen LogP contribution in [-0.2, 0) is 16.7 Å². The van der Waals surface area contributed by atoms with E-state index in [1.165, 1.54) is 0 Å². The summed E-state index contributed by atoms with van der Waals surface area (Å²) in [4.78, 5) is 42.1. The molecule has 3 aliphatic rings. The number of rotatable bonds is 8. The molecule has 0 spiro atoms. The monoisotopic (exact) mass is 672 g/mol. The highest BCUT2D eigenvalue weighted by atomic mass is 35.5. The third-order valence-corrected chi connectivity index (χ3v) is 8.76. The Morgan fingerprint density at radius 2 is 1.53 bits per heavy atom. The van der Waals surface area contributed by atoms with E-state index in [0.29, 0.717) is 36.8 Å². The highest BCUT2D eigenvalue weighted by Gasteiger charge is 2.46. The van der Waals surface area contributed by atoms with Gasteiger partial charge in [-0.2, -0.15) is 28.1 Å². The Hall–Kier alpha value is -4.13. The maximum absolute atomic E-state index is 13.3. The number of aromatic nitrogens is 3. The molecule has 1 aliphatic carbocycles. The van der Waals surface area contributed by atoms with Gasteiger partial charge < -0.3 is 24.6 Å². The van der Waals surface area contributed by atoms with E-state index in [0.717, 1.165) is 24.0 Å². The zero-order valence-corrected chi connectivity index (χ0v) is 27.1. The van der Waals surface area contributed by atoms with Crippen LogP contribution in [0.15, 0.2) is 48.5 Å². The third-order valence-electron chi connectivity index (χ3n) is 8.51. The topological polar surface area (TPSA) is 110 Å². The summed E-state index contributed by atoms with van der Waals surface area (Å²) in [5.41, 5.74) is 1.21. The van der Waals surface area contributed by atoms with Gasteiger partial charge in [0.2, 0.25) is 5.95 Å². The smallest absolute Gasteiger partial charge is 0.422 e. The van der Waals surface area contributed by atoms with E-state index in [9.17, 15) is 22.8 Å². The first kappa shape index (κ1) is 32.8. The summed E-state index contributed by atoms with van der Waals surface area (Å²) in [6.07, 6.45) is -3.14. The van der Waals surface area contributed by atoms with E-state index >= 15 is 0 Å². The fourth-order valence-corrected chi connectivity index (χ4v) is 6.23. The third kappa shape index (κ3) is 8.06. The second-order valence-electron chi connectivity index (χ2n) is 13.5. The average Bonchev–Trinajstić information content (AvgIpc) is 3.48. The first-order valence-corrected chi connectivity index (χ1v) is 15.9. The fourth-order valence-electron chi connectivity index (χ4n) is 6.10. The minimum atomic E-state index is -4.56. The number of alkyl halides is 3. The summed E-state index contributed by atoms with van der Waals surface area (Å²) < 4.78 is 49.2. The van der Waals surface area contributed by atoms with E-state index in [1.54, 1.807) is 41.3 Å². The summed E-state index contributed by atoms with van der Waals surface area (Å²) >= 11 is 6.04. The number of nitrogens with one attached hydrogen (secondary N) is 1. The SMILES string of the molecule is CC(C)(C)OC(=O)N1CC2CN(C(=O)c3ccc(Cc4nc(NC5(c6ccc(Cl)cc6)CC5)nc(OCC(F)(F)F)n4)cc3)CC2C1. The first-order chi connectivity index (χ1) is 22.1. The van der Waals surface area contributed by atoms with Crippen LogP contribution in [0, 0.1) is 11.8 Å². The molecule has 3 aromatic rings. The molecule has 2 aliphatic heterocycles. The number of benzene rings is 2. The highest BCUT2D eigenvalue weighted by molar-refractivity contribution is 6.30. The molecule has 0 radical (unpaired) electrons. The molecule has 2 aromatic carbocycles. The van der Waals surface area contributed by atoms with Crippen molar-refractivity contribution in [2.75, 3.05) is 38.1 Å². The van der Waals surface area contributed by atoms with Crippen molar-refractivity contribution in [3.05, 3.63) is 76.1 Å². The Bertz CT molecular complexity index is 1610. The zero-order chi connectivity index (χ0) is 33.6. The lowest BCUT2D eigenvalue weighted by Crippen LogP contribution is -2.38. The minimum Gasteiger partial charge on any atom is -0.454 e. The van der Waals surface area contributed by atoms with Gasteiger partial charge in [0.05, 0.1) is 5.54 Å². The molecule has 47 heavy (non-hydrogen) atoms. The number of anilines is 1. The van der Waals surface area contributed by atoms with Crippen LogP contribution in [0.5, 0.6) is 6.01 Å². The zero-order valence-electron chi connectivity index (χ0n) is 26.3. The molecule has 1 N–H and O–H groups in total. The maximum atomic E-state index is 13.3. The molecule has 14 heteroatoms. The van der Waals surface area contributed by atoms with E-state index in [2.05, 4.69) is 20.3 Å². The number of carbonyl (C=O) groups excluding carboxylic acids is 2. The van der Waals surface area contributed by atoms with Gasteiger partial charge >= 0.3 is 18.3 Å². The predicted molar refractivity (Wildman–Crippen MR) is 167 cm³/mol. The lowest BCUT2D eigenvalue weighted by molar-refractivity contribution is -0.154. The normalized spacial score (nSPS) is 20.1. The van der Waals surface area contributed by atoms with Gasteiger partial charge in [-0.3, -0.25) is 4.79 Å².